The number of hydrogen-bond acceptors (Lipinski definition) is 5. The van der Waals surface area contributed by atoms with Crippen molar-refractivity contribution >= 4 is 11.9 Å². The van der Waals surface area contributed by atoms with Crippen LogP contribution in [-0.2, 0) is 11.0 Å². The van der Waals surface area contributed by atoms with Gasteiger partial charge in [0.15, 0.2) is 0 Å². The molecule has 1 atom stereocenters. The van der Waals surface area contributed by atoms with Crippen LogP contribution in [0.5, 0.6) is 0 Å². The Morgan fingerprint density at radius 2 is 1.87 bits per heavy atom. The summed E-state index contributed by atoms with van der Waals surface area (Å²) in [6.45, 7) is 0.122. The molecule has 1 aliphatic rings. The van der Waals surface area contributed by atoms with Gasteiger partial charge in [-0.15, -0.1) is 0 Å². The molecule has 1 amide bonds. The van der Waals surface area contributed by atoms with Crippen molar-refractivity contribution < 1.29 is 36.6 Å². The molecule has 1 fully saturated rings. The Morgan fingerprint density at radius 1 is 1.13 bits per heavy atom. The maximum absolute atomic E-state index is 13.8. The van der Waals surface area contributed by atoms with E-state index in [1.807, 2.05) is 0 Å². The maximum Gasteiger partial charge on any atom is 0.417 e. The van der Waals surface area contributed by atoms with Gasteiger partial charge in [0.1, 0.15) is 17.3 Å². The van der Waals surface area contributed by atoms with Crippen LogP contribution in [0.25, 0.3) is 17.2 Å². The smallest absolute Gasteiger partial charge is 0.417 e. The third-order valence-corrected chi connectivity index (χ3v) is 6.33. The van der Waals surface area contributed by atoms with Gasteiger partial charge in [-0.2, -0.15) is 13.2 Å². The largest absolute Gasteiger partial charge is 0.481 e. The van der Waals surface area contributed by atoms with E-state index >= 15 is 0 Å². The summed E-state index contributed by atoms with van der Waals surface area (Å²) < 4.78 is 70.1. The lowest BCUT2D eigenvalue weighted by molar-refractivity contribution is -0.138. The SMILES string of the molecule is O=C(O)CC(CCN1CCCC(F)(F)C1)NC(=O)c1cn(-c2ccccn2)c(-c2ccccc2C(F)(F)F)n1. The zero-order valence-electron chi connectivity index (χ0n) is 20.7. The number of carbonyl (C=O) groups excluding carboxylic acids is 1. The molecule has 3 heterocycles. The number of nitrogens with one attached hydrogen (secondary N) is 1. The highest BCUT2D eigenvalue weighted by atomic mass is 19.4. The Labute approximate surface area is 220 Å². The van der Waals surface area contributed by atoms with Crippen molar-refractivity contribution in [3.05, 3.63) is 66.1 Å². The highest BCUT2D eigenvalue weighted by molar-refractivity contribution is 5.93. The van der Waals surface area contributed by atoms with Crippen LogP contribution in [0.2, 0.25) is 0 Å². The molecule has 2 aromatic heterocycles. The van der Waals surface area contributed by atoms with Crippen LogP contribution in [0.1, 0.15) is 41.7 Å². The second-order valence-electron chi connectivity index (χ2n) is 9.34. The fraction of sp³-hybridized carbons (Fsp3) is 0.385. The number of benzene rings is 1. The van der Waals surface area contributed by atoms with E-state index < -0.39 is 48.5 Å². The molecule has 208 valence electrons. The van der Waals surface area contributed by atoms with Gasteiger partial charge >= 0.3 is 12.1 Å². The van der Waals surface area contributed by atoms with Crippen molar-refractivity contribution in [1.29, 1.82) is 0 Å². The van der Waals surface area contributed by atoms with Gasteiger partial charge < -0.3 is 10.4 Å². The lowest BCUT2D eigenvalue weighted by atomic mass is 10.1. The van der Waals surface area contributed by atoms with E-state index in [-0.39, 0.29) is 42.3 Å². The molecule has 0 radical (unpaired) electrons. The molecule has 13 heteroatoms. The molecule has 8 nitrogen and oxygen atoms in total. The van der Waals surface area contributed by atoms with Crippen molar-refractivity contribution in [2.45, 2.75) is 43.8 Å². The summed E-state index contributed by atoms with van der Waals surface area (Å²) in [5.74, 6) is -4.82. The van der Waals surface area contributed by atoms with E-state index in [1.165, 1.54) is 46.1 Å². The number of halogens is 5. The number of aromatic nitrogens is 3. The highest BCUT2D eigenvalue weighted by Gasteiger charge is 2.36. The average Bonchev–Trinajstić information content (AvgIpc) is 3.32. The minimum Gasteiger partial charge on any atom is -0.481 e. The van der Waals surface area contributed by atoms with Crippen molar-refractivity contribution in [2.24, 2.45) is 0 Å². The van der Waals surface area contributed by atoms with Crippen LogP contribution in [0.4, 0.5) is 22.0 Å². The van der Waals surface area contributed by atoms with Gasteiger partial charge in [0.05, 0.1) is 18.5 Å². The zero-order valence-corrected chi connectivity index (χ0v) is 20.7. The van der Waals surface area contributed by atoms with E-state index in [0.29, 0.717) is 13.0 Å². The molecule has 0 bridgehead atoms. The van der Waals surface area contributed by atoms with Gasteiger partial charge in [-0.3, -0.25) is 19.1 Å². The zero-order chi connectivity index (χ0) is 28.2. The molecule has 3 aromatic rings. The molecule has 0 aliphatic carbocycles. The Kier molecular flexibility index (Phi) is 8.28. The third kappa shape index (κ3) is 7.16. The Balaban J connectivity index is 1.62. The molecule has 39 heavy (non-hydrogen) atoms. The van der Waals surface area contributed by atoms with Crippen LogP contribution in [0.15, 0.2) is 54.9 Å². The monoisotopic (exact) mass is 551 g/mol. The molecule has 0 spiro atoms. The second kappa shape index (κ2) is 11.5. The summed E-state index contributed by atoms with van der Waals surface area (Å²) in [6.07, 6.45) is -2.34. The number of alkyl halides is 5. The lowest BCUT2D eigenvalue weighted by Crippen LogP contribution is -2.45. The molecule has 1 aromatic carbocycles. The molecule has 1 aliphatic heterocycles. The predicted molar refractivity (Wildman–Crippen MR) is 131 cm³/mol. The molecule has 4 rings (SSSR count). The number of carbonyl (C=O) groups is 2. The molecular formula is C26H26F5N5O3. The van der Waals surface area contributed by atoms with Gasteiger partial charge in [0.25, 0.3) is 11.8 Å². The first-order valence-corrected chi connectivity index (χ1v) is 12.2. The van der Waals surface area contributed by atoms with Gasteiger partial charge in [-0.25, -0.2) is 18.7 Å². The standard InChI is InChI=1S/C26H26F5N5O3/c27-25(28)10-5-12-35(16-25)13-9-17(14-22(37)38)33-24(39)20-15-36(21-8-3-4-11-32-21)23(34-20)18-6-1-2-7-19(18)26(29,30)31/h1-4,6-8,11,15,17H,5,9-10,12-14,16H2,(H,33,39)(H,37,38). The van der Waals surface area contributed by atoms with Crippen molar-refractivity contribution in [3.63, 3.8) is 0 Å². The topological polar surface area (TPSA) is 100 Å². The summed E-state index contributed by atoms with van der Waals surface area (Å²) in [4.78, 5) is 34.4. The van der Waals surface area contributed by atoms with Crippen LogP contribution in [0.3, 0.4) is 0 Å². The number of rotatable bonds is 9. The quantitative estimate of drug-likeness (QED) is 0.376. The number of carboxylic acids is 1. The van der Waals surface area contributed by atoms with Crippen LogP contribution < -0.4 is 5.32 Å². The second-order valence-corrected chi connectivity index (χ2v) is 9.34. The number of imidazole rings is 1. The van der Waals surface area contributed by atoms with Gasteiger partial charge in [-0.05, 0) is 37.6 Å². The van der Waals surface area contributed by atoms with Gasteiger partial charge in [0, 0.05) is 37.0 Å². The van der Waals surface area contributed by atoms with Gasteiger partial charge in [0.2, 0.25) is 0 Å². The summed E-state index contributed by atoms with van der Waals surface area (Å²) >= 11 is 0. The fourth-order valence-electron chi connectivity index (χ4n) is 4.55. The lowest BCUT2D eigenvalue weighted by Gasteiger charge is -2.33. The fourth-order valence-corrected chi connectivity index (χ4v) is 4.55. The summed E-state index contributed by atoms with van der Waals surface area (Å²) in [6, 6.07) is 8.63. The number of aliphatic carboxylic acids is 1. The Hall–Kier alpha value is -3.87. The van der Waals surface area contributed by atoms with Crippen LogP contribution in [0, 0.1) is 0 Å². The Bertz CT molecular complexity index is 1310. The minimum atomic E-state index is -4.70. The van der Waals surface area contributed by atoms with E-state index in [9.17, 15) is 36.6 Å². The average molecular weight is 552 g/mol. The number of carboxylic acid groups (broad SMARTS) is 1. The number of nitrogens with zero attached hydrogens (tertiary/aromatic N) is 4. The van der Waals surface area contributed by atoms with Crippen molar-refractivity contribution in [3.8, 4) is 17.2 Å². The molecule has 2 N–H and O–H groups in total. The third-order valence-electron chi connectivity index (χ3n) is 6.33. The molecule has 1 unspecified atom stereocenters. The first kappa shape index (κ1) is 28.1. The van der Waals surface area contributed by atoms with Gasteiger partial charge in [-0.1, -0.05) is 24.3 Å². The minimum absolute atomic E-state index is 0.0822. The molecular weight excluding hydrogens is 525 g/mol. The number of pyridine rings is 1. The Morgan fingerprint density at radius 3 is 2.54 bits per heavy atom. The molecule has 0 saturated carbocycles. The summed E-state index contributed by atoms with van der Waals surface area (Å²) in [5.41, 5.74) is -1.49. The van der Waals surface area contributed by atoms with E-state index in [2.05, 4.69) is 15.3 Å². The number of likely N-dealkylation sites (tertiary alicyclic amines) is 1. The van der Waals surface area contributed by atoms with E-state index in [1.54, 1.807) is 12.1 Å². The normalized spacial score (nSPS) is 16.5. The first-order chi connectivity index (χ1) is 18.4. The summed E-state index contributed by atoms with van der Waals surface area (Å²) in [5, 5.41) is 11.9. The number of hydrogen-bond donors (Lipinski definition) is 2. The first-order valence-electron chi connectivity index (χ1n) is 12.2. The van der Waals surface area contributed by atoms with E-state index in [0.717, 1.165) is 6.07 Å². The van der Waals surface area contributed by atoms with Crippen LogP contribution >= 0.6 is 0 Å². The maximum atomic E-state index is 13.8. The predicted octanol–water partition coefficient (Wildman–Crippen LogP) is 4.65. The van der Waals surface area contributed by atoms with E-state index in [4.69, 9.17) is 0 Å². The van der Waals surface area contributed by atoms with Crippen LogP contribution in [-0.4, -0.2) is 68.0 Å². The summed E-state index contributed by atoms with van der Waals surface area (Å²) in [7, 11) is 0. The highest BCUT2D eigenvalue weighted by Crippen LogP contribution is 2.37. The van der Waals surface area contributed by atoms with Crippen molar-refractivity contribution in [1.82, 2.24) is 24.8 Å². The van der Waals surface area contributed by atoms with Crippen molar-refractivity contribution in [2.75, 3.05) is 19.6 Å². The number of piperidine rings is 1. The number of amides is 1. The molecule has 1 saturated heterocycles.